The molecule has 0 unspecified atom stereocenters. The molecule has 106 valence electrons. The van der Waals surface area contributed by atoms with Crippen LogP contribution in [0.25, 0.3) is 0 Å². The first kappa shape index (κ1) is 15.3. The number of aromatic carboxylic acids is 1. The molecule has 0 fully saturated rings. The standard InChI is InChI=1S/C13H19NO5/c1-17-5-2-6-18-7-8-19-12-4-3-10(14)9-11(12)13(15)16/h3-4,9H,2,5-8,14H2,1H3,(H,15,16). The Labute approximate surface area is 112 Å². The first-order valence-corrected chi connectivity index (χ1v) is 5.97. The van der Waals surface area contributed by atoms with Crippen molar-refractivity contribution in [1.82, 2.24) is 0 Å². The molecule has 0 bridgehead atoms. The summed E-state index contributed by atoms with van der Waals surface area (Å²) >= 11 is 0. The maximum absolute atomic E-state index is 11.0. The Morgan fingerprint density at radius 2 is 2.05 bits per heavy atom. The molecule has 6 nitrogen and oxygen atoms in total. The minimum absolute atomic E-state index is 0.0550. The summed E-state index contributed by atoms with van der Waals surface area (Å²) in [5.41, 5.74) is 5.98. The van der Waals surface area contributed by atoms with Crippen LogP contribution in [0.15, 0.2) is 18.2 Å². The molecule has 0 saturated heterocycles. The maximum atomic E-state index is 11.0. The van der Waals surface area contributed by atoms with Crippen LogP contribution >= 0.6 is 0 Å². The summed E-state index contributed by atoms with van der Waals surface area (Å²) in [4.78, 5) is 11.0. The van der Waals surface area contributed by atoms with Crippen molar-refractivity contribution in [2.75, 3.05) is 39.3 Å². The average Bonchev–Trinajstić information content (AvgIpc) is 2.39. The quantitative estimate of drug-likeness (QED) is 0.520. The molecule has 0 aromatic heterocycles. The van der Waals surface area contributed by atoms with Gasteiger partial charge in [0.05, 0.1) is 6.61 Å². The Balaban J connectivity index is 2.35. The lowest BCUT2D eigenvalue weighted by molar-refractivity contribution is 0.0677. The van der Waals surface area contributed by atoms with Gasteiger partial charge in [0.2, 0.25) is 0 Å². The number of carboxylic acid groups (broad SMARTS) is 1. The van der Waals surface area contributed by atoms with Crippen LogP contribution in [-0.4, -0.2) is 44.6 Å². The molecule has 0 aliphatic heterocycles. The second-order valence-electron chi connectivity index (χ2n) is 3.87. The van der Waals surface area contributed by atoms with Gasteiger partial charge in [0.25, 0.3) is 0 Å². The number of methoxy groups -OCH3 is 1. The number of anilines is 1. The molecule has 0 spiro atoms. The predicted molar refractivity (Wildman–Crippen MR) is 70.6 cm³/mol. The summed E-state index contributed by atoms with van der Waals surface area (Å²) < 4.78 is 15.6. The molecular formula is C13H19NO5. The van der Waals surface area contributed by atoms with Crippen LogP contribution in [0.1, 0.15) is 16.8 Å². The summed E-state index contributed by atoms with van der Waals surface area (Å²) in [6.07, 6.45) is 0.818. The van der Waals surface area contributed by atoms with Gasteiger partial charge >= 0.3 is 5.97 Å². The van der Waals surface area contributed by atoms with Crippen LogP contribution in [-0.2, 0) is 9.47 Å². The summed E-state index contributed by atoms with van der Waals surface area (Å²) in [7, 11) is 1.64. The molecule has 3 N–H and O–H groups in total. The number of nitrogen functional groups attached to an aromatic ring is 1. The van der Waals surface area contributed by atoms with Gasteiger partial charge in [0.1, 0.15) is 17.9 Å². The first-order chi connectivity index (χ1) is 9.15. The second kappa shape index (κ2) is 8.34. The highest BCUT2D eigenvalue weighted by atomic mass is 16.5. The van der Waals surface area contributed by atoms with E-state index in [0.29, 0.717) is 31.3 Å². The van der Waals surface area contributed by atoms with E-state index in [4.69, 9.17) is 25.1 Å². The first-order valence-electron chi connectivity index (χ1n) is 5.97. The molecule has 0 saturated carbocycles. The van der Waals surface area contributed by atoms with Gasteiger partial charge < -0.3 is 25.1 Å². The molecule has 0 aliphatic rings. The minimum atomic E-state index is -1.07. The smallest absolute Gasteiger partial charge is 0.339 e. The topological polar surface area (TPSA) is 91.0 Å². The Kier molecular flexibility index (Phi) is 6.70. The van der Waals surface area contributed by atoms with Crippen molar-refractivity contribution < 1.29 is 24.1 Å². The van der Waals surface area contributed by atoms with E-state index in [-0.39, 0.29) is 12.2 Å². The minimum Gasteiger partial charge on any atom is -0.490 e. The van der Waals surface area contributed by atoms with Gasteiger partial charge in [0.15, 0.2) is 0 Å². The van der Waals surface area contributed by atoms with E-state index in [2.05, 4.69) is 0 Å². The van der Waals surface area contributed by atoms with Crippen LogP contribution < -0.4 is 10.5 Å². The van der Waals surface area contributed by atoms with Crippen molar-refractivity contribution in [2.24, 2.45) is 0 Å². The largest absolute Gasteiger partial charge is 0.490 e. The average molecular weight is 269 g/mol. The summed E-state index contributed by atoms with van der Waals surface area (Å²) in [6, 6.07) is 4.52. The zero-order valence-electron chi connectivity index (χ0n) is 10.9. The summed E-state index contributed by atoms with van der Waals surface area (Å²) in [5, 5.41) is 9.01. The normalized spacial score (nSPS) is 10.4. The zero-order valence-corrected chi connectivity index (χ0v) is 10.9. The maximum Gasteiger partial charge on any atom is 0.339 e. The second-order valence-corrected chi connectivity index (χ2v) is 3.87. The van der Waals surface area contributed by atoms with Gasteiger partial charge in [-0.3, -0.25) is 0 Å². The summed E-state index contributed by atoms with van der Waals surface area (Å²) in [6.45, 7) is 1.93. The van der Waals surface area contributed by atoms with Crippen LogP contribution in [0.3, 0.4) is 0 Å². The third-order valence-corrected chi connectivity index (χ3v) is 2.36. The number of rotatable bonds is 9. The SMILES string of the molecule is COCCCOCCOc1ccc(N)cc1C(=O)O. The highest BCUT2D eigenvalue weighted by Gasteiger charge is 2.11. The van der Waals surface area contributed by atoms with Crippen molar-refractivity contribution in [3.8, 4) is 5.75 Å². The van der Waals surface area contributed by atoms with Gasteiger partial charge in [-0.25, -0.2) is 4.79 Å². The molecule has 19 heavy (non-hydrogen) atoms. The number of hydrogen-bond acceptors (Lipinski definition) is 5. The zero-order chi connectivity index (χ0) is 14.1. The third-order valence-electron chi connectivity index (χ3n) is 2.36. The van der Waals surface area contributed by atoms with Crippen molar-refractivity contribution in [3.05, 3.63) is 23.8 Å². The van der Waals surface area contributed by atoms with Crippen molar-refractivity contribution >= 4 is 11.7 Å². The Morgan fingerprint density at radius 3 is 2.74 bits per heavy atom. The molecule has 6 heteroatoms. The lowest BCUT2D eigenvalue weighted by Crippen LogP contribution is -2.11. The van der Waals surface area contributed by atoms with E-state index in [9.17, 15) is 4.79 Å². The number of hydrogen-bond donors (Lipinski definition) is 2. The number of benzene rings is 1. The highest BCUT2D eigenvalue weighted by molar-refractivity contribution is 5.92. The van der Waals surface area contributed by atoms with Crippen LogP contribution in [0.2, 0.25) is 0 Å². The Hall–Kier alpha value is -1.79. The van der Waals surface area contributed by atoms with Gasteiger partial charge in [-0.1, -0.05) is 0 Å². The molecule has 0 heterocycles. The molecule has 0 aliphatic carbocycles. The Bertz CT molecular complexity index is 408. The molecule has 0 amide bonds. The predicted octanol–water partition coefficient (Wildman–Crippen LogP) is 1.40. The van der Waals surface area contributed by atoms with E-state index in [1.54, 1.807) is 19.2 Å². The van der Waals surface area contributed by atoms with Crippen LogP contribution in [0.5, 0.6) is 5.75 Å². The van der Waals surface area contributed by atoms with Crippen LogP contribution in [0, 0.1) is 0 Å². The molecular weight excluding hydrogens is 250 g/mol. The van der Waals surface area contributed by atoms with E-state index < -0.39 is 5.97 Å². The number of carboxylic acids is 1. The van der Waals surface area contributed by atoms with Crippen molar-refractivity contribution in [1.29, 1.82) is 0 Å². The molecule has 1 aromatic rings. The fourth-order valence-corrected chi connectivity index (χ4v) is 1.46. The molecule has 0 radical (unpaired) electrons. The van der Waals surface area contributed by atoms with E-state index in [1.807, 2.05) is 0 Å². The van der Waals surface area contributed by atoms with Crippen molar-refractivity contribution in [3.63, 3.8) is 0 Å². The van der Waals surface area contributed by atoms with E-state index >= 15 is 0 Å². The lowest BCUT2D eigenvalue weighted by atomic mass is 10.2. The van der Waals surface area contributed by atoms with Crippen molar-refractivity contribution in [2.45, 2.75) is 6.42 Å². The summed E-state index contributed by atoms with van der Waals surface area (Å²) in [5.74, 6) is -0.773. The number of carbonyl (C=O) groups is 1. The fourth-order valence-electron chi connectivity index (χ4n) is 1.46. The Morgan fingerprint density at radius 1 is 1.26 bits per heavy atom. The fraction of sp³-hybridized carbons (Fsp3) is 0.462. The van der Waals surface area contributed by atoms with E-state index in [1.165, 1.54) is 6.07 Å². The lowest BCUT2D eigenvalue weighted by Gasteiger charge is -2.10. The molecule has 0 atom stereocenters. The van der Waals surface area contributed by atoms with E-state index in [0.717, 1.165) is 6.42 Å². The molecule has 1 rings (SSSR count). The van der Waals surface area contributed by atoms with Gasteiger partial charge in [-0.05, 0) is 24.6 Å². The third kappa shape index (κ3) is 5.58. The number of ether oxygens (including phenoxy) is 3. The van der Waals surface area contributed by atoms with Gasteiger partial charge in [0, 0.05) is 26.0 Å². The monoisotopic (exact) mass is 269 g/mol. The highest BCUT2D eigenvalue weighted by Crippen LogP contribution is 2.21. The molecule has 1 aromatic carbocycles. The van der Waals surface area contributed by atoms with Crippen LogP contribution in [0.4, 0.5) is 5.69 Å². The van der Waals surface area contributed by atoms with Gasteiger partial charge in [-0.2, -0.15) is 0 Å². The van der Waals surface area contributed by atoms with Gasteiger partial charge in [-0.15, -0.1) is 0 Å². The number of nitrogens with two attached hydrogens (primary N) is 1.